The number of rotatable bonds is 5. The highest BCUT2D eigenvalue weighted by Gasteiger charge is 2.45. The molecule has 17 heavy (non-hydrogen) atoms. The summed E-state index contributed by atoms with van der Waals surface area (Å²) in [7, 11) is 1.93. The summed E-state index contributed by atoms with van der Waals surface area (Å²) in [6.45, 7) is 5.67. The van der Waals surface area contributed by atoms with Crippen molar-refractivity contribution < 1.29 is 4.74 Å². The molecule has 2 aliphatic carbocycles. The molecule has 0 aliphatic heterocycles. The zero-order chi connectivity index (χ0) is 12.3. The van der Waals surface area contributed by atoms with E-state index in [2.05, 4.69) is 19.2 Å². The molecule has 0 radical (unpaired) electrons. The summed E-state index contributed by atoms with van der Waals surface area (Å²) in [4.78, 5) is 0. The van der Waals surface area contributed by atoms with E-state index in [1.54, 1.807) is 0 Å². The van der Waals surface area contributed by atoms with Crippen LogP contribution in [0.15, 0.2) is 0 Å². The van der Waals surface area contributed by atoms with Gasteiger partial charge in [-0.2, -0.15) is 0 Å². The summed E-state index contributed by atoms with van der Waals surface area (Å²) in [5, 5.41) is 3.74. The molecule has 2 saturated carbocycles. The zero-order valence-electron chi connectivity index (χ0n) is 11.8. The van der Waals surface area contributed by atoms with E-state index in [1.807, 2.05) is 7.11 Å². The number of likely N-dealkylation sites (N-methyl/N-ethyl adjacent to an activating group) is 1. The largest absolute Gasteiger partial charge is 0.377 e. The molecular formula is C15H29NO. The minimum Gasteiger partial charge on any atom is -0.377 e. The van der Waals surface area contributed by atoms with Gasteiger partial charge in [0.25, 0.3) is 0 Å². The van der Waals surface area contributed by atoms with E-state index >= 15 is 0 Å². The Bertz CT molecular complexity index is 229. The van der Waals surface area contributed by atoms with Crippen molar-refractivity contribution in [2.24, 2.45) is 11.8 Å². The molecular weight excluding hydrogens is 210 g/mol. The van der Waals surface area contributed by atoms with Gasteiger partial charge in [-0.3, -0.25) is 0 Å². The summed E-state index contributed by atoms with van der Waals surface area (Å²) >= 11 is 0. The fraction of sp³-hybridized carbons (Fsp3) is 1.00. The molecule has 1 atom stereocenters. The Morgan fingerprint density at radius 3 is 2.29 bits per heavy atom. The third kappa shape index (κ3) is 2.68. The van der Waals surface area contributed by atoms with E-state index in [0.29, 0.717) is 6.04 Å². The van der Waals surface area contributed by atoms with Gasteiger partial charge < -0.3 is 10.1 Å². The average molecular weight is 239 g/mol. The van der Waals surface area contributed by atoms with E-state index in [4.69, 9.17) is 4.74 Å². The van der Waals surface area contributed by atoms with Crippen molar-refractivity contribution in [3.63, 3.8) is 0 Å². The maximum Gasteiger partial charge on any atom is 0.0833 e. The molecule has 0 spiro atoms. The second-order valence-electron chi connectivity index (χ2n) is 6.18. The van der Waals surface area contributed by atoms with Crippen LogP contribution in [0.3, 0.4) is 0 Å². The minimum absolute atomic E-state index is 0.133. The van der Waals surface area contributed by atoms with E-state index in [1.165, 1.54) is 44.9 Å². The van der Waals surface area contributed by atoms with Gasteiger partial charge in [-0.15, -0.1) is 0 Å². The lowest BCUT2D eigenvalue weighted by molar-refractivity contribution is -0.0961. The molecule has 2 heteroatoms. The summed E-state index contributed by atoms with van der Waals surface area (Å²) in [5.41, 5.74) is 0.133. The highest BCUT2D eigenvalue weighted by molar-refractivity contribution is 5.01. The fourth-order valence-corrected chi connectivity index (χ4v) is 3.67. The average Bonchev–Trinajstić information content (AvgIpc) is 2.28. The topological polar surface area (TPSA) is 21.3 Å². The molecule has 100 valence electrons. The van der Waals surface area contributed by atoms with E-state index in [0.717, 1.165) is 18.4 Å². The van der Waals surface area contributed by atoms with Crippen LogP contribution >= 0.6 is 0 Å². The monoisotopic (exact) mass is 239 g/mol. The van der Waals surface area contributed by atoms with Crippen molar-refractivity contribution in [3.8, 4) is 0 Å². The third-order valence-electron chi connectivity index (χ3n) is 5.14. The maximum absolute atomic E-state index is 6.04. The quantitative estimate of drug-likeness (QED) is 0.794. The number of nitrogens with one attached hydrogen (secondary N) is 1. The third-order valence-corrected chi connectivity index (χ3v) is 5.14. The fourth-order valence-electron chi connectivity index (χ4n) is 3.67. The van der Waals surface area contributed by atoms with Crippen molar-refractivity contribution in [1.29, 1.82) is 0 Å². The Hall–Kier alpha value is -0.0800. The summed E-state index contributed by atoms with van der Waals surface area (Å²) in [6, 6.07) is 0.596. The molecule has 2 nitrogen and oxygen atoms in total. The first-order chi connectivity index (χ1) is 8.22. The smallest absolute Gasteiger partial charge is 0.0833 e. The second kappa shape index (κ2) is 5.71. The predicted octanol–water partition coefficient (Wildman–Crippen LogP) is 3.36. The van der Waals surface area contributed by atoms with Crippen LogP contribution in [0, 0.1) is 11.8 Å². The van der Waals surface area contributed by atoms with Gasteiger partial charge >= 0.3 is 0 Å². The van der Waals surface area contributed by atoms with Gasteiger partial charge in [-0.05, 0) is 56.9 Å². The highest BCUT2D eigenvalue weighted by Crippen LogP contribution is 2.43. The maximum atomic E-state index is 6.04. The zero-order valence-corrected chi connectivity index (χ0v) is 11.8. The van der Waals surface area contributed by atoms with Gasteiger partial charge in [-0.25, -0.2) is 0 Å². The molecule has 0 saturated heterocycles. The SMILES string of the molecule is CCNC(C1CCC1)C1(OC)CCC(C)CC1. The van der Waals surface area contributed by atoms with Crippen molar-refractivity contribution in [2.75, 3.05) is 13.7 Å². The summed E-state index contributed by atoms with van der Waals surface area (Å²) in [6.07, 6.45) is 9.39. The second-order valence-corrected chi connectivity index (χ2v) is 6.18. The molecule has 1 N–H and O–H groups in total. The number of methoxy groups -OCH3 is 1. The Morgan fingerprint density at radius 1 is 1.24 bits per heavy atom. The van der Waals surface area contributed by atoms with Gasteiger partial charge in [0.05, 0.1) is 5.60 Å². The van der Waals surface area contributed by atoms with E-state index in [-0.39, 0.29) is 5.60 Å². The van der Waals surface area contributed by atoms with Gasteiger partial charge in [0.15, 0.2) is 0 Å². The Labute approximate surface area is 107 Å². The Balaban J connectivity index is 2.06. The van der Waals surface area contributed by atoms with Crippen LogP contribution < -0.4 is 5.32 Å². The normalized spacial score (nSPS) is 36.5. The molecule has 0 aromatic rings. The van der Waals surface area contributed by atoms with Crippen LogP contribution in [0.2, 0.25) is 0 Å². The highest BCUT2D eigenvalue weighted by atomic mass is 16.5. The lowest BCUT2D eigenvalue weighted by Gasteiger charge is -2.49. The van der Waals surface area contributed by atoms with Crippen LogP contribution in [-0.2, 0) is 4.74 Å². The molecule has 2 rings (SSSR count). The van der Waals surface area contributed by atoms with Crippen LogP contribution in [0.25, 0.3) is 0 Å². The van der Waals surface area contributed by atoms with Crippen LogP contribution in [0.4, 0.5) is 0 Å². The Morgan fingerprint density at radius 2 is 1.88 bits per heavy atom. The molecule has 0 bridgehead atoms. The van der Waals surface area contributed by atoms with Crippen LogP contribution in [0.5, 0.6) is 0 Å². The minimum atomic E-state index is 0.133. The first-order valence-electron chi connectivity index (χ1n) is 7.50. The molecule has 1 unspecified atom stereocenters. The van der Waals surface area contributed by atoms with Crippen molar-refractivity contribution >= 4 is 0 Å². The van der Waals surface area contributed by atoms with E-state index < -0.39 is 0 Å². The molecule has 0 heterocycles. The van der Waals surface area contributed by atoms with Gasteiger partial charge in [0.2, 0.25) is 0 Å². The van der Waals surface area contributed by atoms with Crippen LogP contribution in [-0.4, -0.2) is 25.3 Å². The first-order valence-corrected chi connectivity index (χ1v) is 7.50. The molecule has 0 aromatic heterocycles. The van der Waals surface area contributed by atoms with Crippen molar-refractivity contribution in [1.82, 2.24) is 5.32 Å². The van der Waals surface area contributed by atoms with Gasteiger partial charge in [-0.1, -0.05) is 20.3 Å². The Kier molecular flexibility index (Phi) is 4.48. The predicted molar refractivity (Wildman–Crippen MR) is 72.2 cm³/mol. The summed E-state index contributed by atoms with van der Waals surface area (Å²) in [5.74, 6) is 1.75. The van der Waals surface area contributed by atoms with Crippen molar-refractivity contribution in [3.05, 3.63) is 0 Å². The lowest BCUT2D eigenvalue weighted by Crippen LogP contribution is -2.58. The standard InChI is InChI=1S/C15H29NO/c1-4-16-14(13-6-5-7-13)15(17-3)10-8-12(2)9-11-15/h12-14,16H,4-11H2,1-3H3. The molecule has 2 fully saturated rings. The molecule has 2 aliphatic rings. The van der Waals surface area contributed by atoms with Gasteiger partial charge in [0, 0.05) is 13.2 Å². The van der Waals surface area contributed by atoms with E-state index in [9.17, 15) is 0 Å². The number of hydrogen-bond acceptors (Lipinski definition) is 2. The van der Waals surface area contributed by atoms with Gasteiger partial charge in [0.1, 0.15) is 0 Å². The lowest BCUT2D eigenvalue weighted by atomic mass is 9.67. The first kappa shape index (κ1) is 13.4. The number of hydrogen-bond donors (Lipinski definition) is 1. The number of ether oxygens (including phenoxy) is 1. The molecule has 0 amide bonds. The van der Waals surface area contributed by atoms with Crippen molar-refractivity contribution in [2.45, 2.75) is 70.4 Å². The molecule has 0 aromatic carbocycles. The summed E-state index contributed by atoms with van der Waals surface area (Å²) < 4.78 is 6.04. The van der Waals surface area contributed by atoms with Crippen LogP contribution in [0.1, 0.15) is 58.8 Å².